The van der Waals surface area contributed by atoms with Crippen LogP contribution in [0.4, 0.5) is 10.9 Å². The summed E-state index contributed by atoms with van der Waals surface area (Å²) in [4.78, 5) is 22.1. The number of ether oxygens (including phenoxy) is 1. The fourth-order valence-electron chi connectivity index (χ4n) is 4.84. The Morgan fingerprint density at radius 3 is 2.47 bits per heavy atom. The van der Waals surface area contributed by atoms with Crippen LogP contribution < -0.4 is 9.80 Å². The summed E-state index contributed by atoms with van der Waals surface area (Å²) >= 11 is 1.70. The Morgan fingerprint density at radius 2 is 1.72 bits per heavy atom. The van der Waals surface area contributed by atoms with Crippen LogP contribution >= 0.6 is 11.3 Å². The third kappa shape index (κ3) is 4.56. The van der Waals surface area contributed by atoms with E-state index in [1.165, 1.54) is 5.56 Å². The van der Waals surface area contributed by atoms with Crippen molar-refractivity contribution in [2.24, 2.45) is 0 Å². The van der Waals surface area contributed by atoms with Gasteiger partial charge in [0.25, 0.3) is 5.95 Å². The molecule has 2 saturated heterocycles. The molecule has 9 nitrogen and oxygen atoms in total. The summed E-state index contributed by atoms with van der Waals surface area (Å²) in [6, 6.07) is 10.9. The van der Waals surface area contributed by atoms with Gasteiger partial charge in [0.05, 0.1) is 18.9 Å². The number of rotatable bonds is 5. The molecule has 0 saturated carbocycles. The molecule has 0 atom stereocenters. The van der Waals surface area contributed by atoms with Crippen LogP contribution in [-0.2, 0) is 4.74 Å². The zero-order chi connectivity index (χ0) is 24.6. The standard InChI is InChI=1S/C26H32N8OS/c1-18(2)31-9-11-33(12-10-31)26-28-23-22(36-26)24(32-13-15-35-16-14-32)29-25(27-23)34-8-7-21(30-34)20-6-4-5-19(3)17-20/h4-8,17-18H,9-16H2,1-3H3. The number of thiazole rings is 1. The van der Waals surface area contributed by atoms with Crippen molar-refractivity contribution in [1.29, 1.82) is 0 Å². The van der Waals surface area contributed by atoms with E-state index >= 15 is 0 Å². The molecular weight excluding hydrogens is 472 g/mol. The lowest BCUT2D eigenvalue weighted by Gasteiger charge is -2.36. The molecule has 10 heteroatoms. The molecule has 1 aromatic carbocycles. The molecule has 0 aliphatic carbocycles. The lowest BCUT2D eigenvalue weighted by Crippen LogP contribution is -2.48. The van der Waals surface area contributed by atoms with E-state index in [1.54, 1.807) is 16.0 Å². The molecule has 0 spiro atoms. The second kappa shape index (κ2) is 9.76. The summed E-state index contributed by atoms with van der Waals surface area (Å²) in [6.45, 7) is 13.7. The molecule has 2 aliphatic rings. The lowest BCUT2D eigenvalue weighted by atomic mass is 10.1. The number of benzene rings is 1. The third-order valence-electron chi connectivity index (χ3n) is 6.95. The zero-order valence-electron chi connectivity index (χ0n) is 21.1. The smallest absolute Gasteiger partial charge is 0.254 e. The van der Waals surface area contributed by atoms with Gasteiger partial charge in [0.1, 0.15) is 4.70 Å². The van der Waals surface area contributed by atoms with Gasteiger partial charge in [0, 0.05) is 57.1 Å². The van der Waals surface area contributed by atoms with Crippen molar-refractivity contribution in [3.05, 3.63) is 42.1 Å². The molecule has 0 N–H and O–H groups in total. The molecule has 5 heterocycles. The quantitative estimate of drug-likeness (QED) is 0.408. The average Bonchev–Trinajstić information content (AvgIpc) is 3.57. The maximum absolute atomic E-state index is 5.61. The molecule has 2 aliphatic heterocycles. The van der Waals surface area contributed by atoms with Crippen molar-refractivity contribution in [3.63, 3.8) is 0 Å². The number of hydrogen-bond acceptors (Lipinski definition) is 9. The lowest BCUT2D eigenvalue weighted by molar-refractivity contribution is 0.122. The first-order valence-corrected chi connectivity index (χ1v) is 13.5. The minimum atomic E-state index is 0.546. The normalized spacial score (nSPS) is 17.4. The van der Waals surface area contributed by atoms with Crippen LogP contribution in [0.2, 0.25) is 0 Å². The Morgan fingerprint density at radius 1 is 0.917 bits per heavy atom. The number of anilines is 2. The topological polar surface area (TPSA) is 75.4 Å². The highest BCUT2D eigenvalue weighted by Gasteiger charge is 2.25. The predicted octanol–water partition coefficient (Wildman–Crippen LogP) is 3.61. The highest BCUT2D eigenvalue weighted by Crippen LogP contribution is 2.35. The first kappa shape index (κ1) is 23.3. The highest BCUT2D eigenvalue weighted by atomic mass is 32.1. The molecule has 188 valence electrons. The Kier molecular flexibility index (Phi) is 6.32. The summed E-state index contributed by atoms with van der Waals surface area (Å²) in [5.41, 5.74) is 3.93. The van der Waals surface area contributed by atoms with Crippen LogP contribution in [-0.4, -0.2) is 88.2 Å². The maximum Gasteiger partial charge on any atom is 0.254 e. The van der Waals surface area contributed by atoms with Gasteiger partial charge in [-0.3, -0.25) is 4.90 Å². The number of fused-ring (bicyclic) bond motifs is 1. The van der Waals surface area contributed by atoms with Crippen molar-refractivity contribution < 1.29 is 4.74 Å². The molecular formula is C26H32N8OS. The van der Waals surface area contributed by atoms with Gasteiger partial charge in [-0.2, -0.15) is 20.1 Å². The number of morpholine rings is 1. The van der Waals surface area contributed by atoms with E-state index in [4.69, 9.17) is 24.8 Å². The molecule has 0 unspecified atom stereocenters. The summed E-state index contributed by atoms with van der Waals surface area (Å²) < 4.78 is 8.41. The van der Waals surface area contributed by atoms with Crippen LogP contribution in [0.1, 0.15) is 19.4 Å². The Bertz CT molecular complexity index is 1350. The van der Waals surface area contributed by atoms with Gasteiger partial charge >= 0.3 is 0 Å². The molecule has 2 fully saturated rings. The first-order chi connectivity index (χ1) is 17.5. The van der Waals surface area contributed by atoms with Crippen molar-refractivity contribution in [2.45, 2.75) is 26.8 Å². The molecule has 4 aromatic rings. The van der Waals surface area contributed by atoms with Crippen LogP contribution in [0.25, 0.3) is 27.6 Å². The van der Waals surface area contributed by atoms with Crippen molar-refractivity contribution in [3.8, 4) is 17.2 Å². The number of hydrogen-bond donors (Lipinski definition) is 0. The second-order valence-corrected chi connectivity index (χ2v) is 10.7. The summed E-state index contributed by atoms with van der Waals surface area (Å²) in [5.74, 6) is 1.47. The van der Waals surface area contributed by atoms with E-state index in [9.17, 15) is 0 Å². The molecule has 0 bridgehead atoms. The third-order valence-corrected chi connectivity index (χ3v) is 8.05. The minimum absolute atomic E-state index is 0.546. The van der Waals surface area contributed by atoms with Gasteiger partial charge in [-0.05, 0) is 32.9 Å². The van der Waals surface area contributed by atoms with E-state index in [2.05, 4.69) is 59.7 Å². The summed E-state index contributed by atoms with van der Waals surface area (Å²) in [5, 5.41) is 5.84. The molecule has 3 aromatic heterocycles. The minimum Gasteiger partial charge on any atom is -0.378 e. The van der Waals surface area contributed by atoms with E-state index in [-0.39, 0.29) is 0 Å². The van der Waals surface area contributed by atoms with Crippen molar-refractivity contribution in [1.82, 2.24) is 29.6 Å². The van der Waals surface area contributed by atoms with E-state index in [1.807, 2.05) is 12.3 Å². The van der Waals surface area contributed by atoms with Gasteiger partial charge in [0.15, 0.2) is 16.6 Å². The predicted molar refractivity (Wildman–Crippen MR) is 144 cm³/mol. The summed E-state index contributed by atoms with van der Waals surface area (Å²) in [7, 11) is 0. The van der Waals surface area contributed by atoms with Gasteiger partial charge in [0.2, 0.25) is 0 Å². The molecule has 6 rings (SSSR count). The Hall–Kier alpha value is -3.08. The fourth-order valence-corrected chi connectivity index (χ4v) is 5.91. The molecule has 0 amide bonds. The van der Waals surface area contributed by atoms with Crippen LogP contribution in [0.5, 0.6) is 0 Å². The Labute approximate surface area is 215 Å². The van der Waals surface area contributed by atoms with E-state index in [0.29, 0.717) is 25.2 Å². The Balaban J connectivity index is 1.37. The van der Waals surface area contributed by atoms with Gasteiger partial charge in [-0.1, -0.05) is 35.1 Å². The monoisotopic (exact) mass is 504 g/mol. The number of nitrogens with zero attached hydrogens (tertiary/aromatic N) is 8. The largest absolute Gasteiger partial charge is 0.378 e. The molecule has 0 radical (unpaired) electrons. The van der Waals surface area contributed by atoms with Crippen molar-refractivity contribution >= 4 is 32.6 Å². The van der Waals surface area contributed by atoms with Crippen LogP contribution in [0.3, 0.4) is 0 Å². The van der Waals surface area contributed by atoms with Crippen molar-refractivity contribution in [2.75, 3.05) is 62.3 Å². The first-order valence-electron chi connectivity index (χ1n) is 12.7. The van der Waals surface area contributed by atoms with Gasteiger partial charge < -0.3 is 14.5 Å². The zero-order valence-corrected chi connectivity index (χ0v) is 21.9. The SMILES string of the molecule is Cc1cccc(-c2ccn(-c3nc(N4CCOCC4)c4sc(N5CCN(C(C)C)CC5)nc4n3)n2)c1. The average molecular weight is 505 g/mol. The maximum atomic E-state index is 5.61. The fraction of sp³-hybridized carbons (Fsp3) is 0.462. The molecule has 36 heavy (non-hydrogen) atoms. The van der Waals surface area contributed by atoms with E-state index in [0.717, 1.165) is 71.8 Å². The highest BCUT2D eigenvalue weighted by molar-refractivity contribution is 7.22. The van der Waals surface area contributed by atoms with Gasteiger partial charge in [-0.25, -0.2) is 4.68 Å². The van der Waals surface area contributed by atoms with Crippen LogP contribution in [0, 0.1) is 6.92 Å². The van der Waals surface area contributed by atoms with Gasteiger partial charge in [-0.15, -0.1) is 0 Å². The second-order valence-electron chi connectivity index (χ2n) is 9.73. The van der Waals surface area contributed by atoms with Crippen LogP contribution in [0.15, 0.2) is 36.5 Å². The number of aromatic nitrogens is 5. The number of piperazine rings is 1. The van der Waals surface area contributed by atoms with E-state index < -0.39 is 0 Å². The number of aryl methyl sites for hydroxylation is 1. The summed E-state index contributed by atoms with van der Waals surface area (Å²) in [6.07, 6.45) is 1.93.